The lowest BCUT2D eigenvalue weighted by atomic mass is 9.86. The van der Waals surface area contributed by atoms with Gasteiger partial charge in [-0.15, -0.1) is 0 Å². The van der Waals surface area contributed by atoms with Crippen LogP contribution in [0.5, 0.6) is 5.75 Å². The second-order valence-corrected chi connectivity index (χ2v) is 7.26. The number of hydrogen-bond donors (Lipinski definition) is 0. The van der Waals surface area contributed by atoms with Gasteiger partial charge in [0.05, 0.1) is 0 Å². The standard InChI is InChI=1S/C21H26N2O/c1-22(2)19-7-3-16(4-8-19)17-5-9-20(10-6-17)24-21-15-23-13-11-18(21)12-14-23/h3-10,18,21H,11-15H2,1-2H3/t21-/m0/s1. The van der Waals surface area contributed by atoms with E-state index in [-0.39, 0.29) is 0 Å². The summed E-state index contributed by atoms with van der Waals surface area (Å²) in [6.07, 6.45) is 2.96. The molecule has 2 bridgehead atoms. The van der Waals surface area contributed by atoms with E-state index in [4.69, 9.17) is 4.74 Å². The van der Waals surface area contributed by atoms with Gasteiger partial charge in [-0.1, -0.05) is 24.3 Å². The van der Waals surface area contributed by atoms with Crippen LogP contribution in [0.3, 0.4) is 0 Å². The van der Waals surface area contributed by atoms with Gasteiger partial charge >= 0.3 is 0 Å². The van der Waals surface area contributed by atoms with Crippen LogP contribution in [0, 0.1) is 5.92 Å². The van der Waals surface area contributed by atoms with Crippen molar-refractivity contribution < 1.29 is 4.74 Å². The lowest BCUT2D eigenvalue weighted by Crippen LogP contribution is -2.52. The van der Waals surface area contributed by atoms with Crippen LogP contribution >= 0.6 is 0 Å². The molecule has 5 rings (SSSR count). The van der Waals surface area contributed by atoms with Gasteiger partial charge in [0.2, 0.25) is 0 Å². The van der Waals surface area contributed by atoms with Crippen molar-refractivity contribution in [2.24, 2.45) is 5.92 Å². The van der Waals surface area contributed by atoms with Crippen molar-refractivity contribution in [3.05, 3.63) is 48.5 Å². The quantitative estimate of drug-likeness (QED) is 0.849. The van der Waals surface area contributed by atoms with Gasteiger partial charge in [0.25, 0.3) is 0 Å². The third kappa shape index (κ3) is 3.13. The zero-order valence-electron chi connectivity index (χ0n) is 14.6. The number of hydrogen-bond acceptors (Lipinski definition) is 3. The molecule has 3 fully saturated rings. The minimum Gasteiger partial charge on any atom is -0.489 e. The van der Waals surface area contributed by atoms with E-state index in [1.165, 1.54) is 42.7 Å². The van der Waals surface area contributed by atoms with Crippen LogP contribution in [0.15, 0.2) is 48.5 Å². The van der Waals surface area contributed by atoms with Crippen molar-refractivity contribution in [1.82, 2.24) is 4.90 Å². The summed E-state index contributed by atoms with van der Waals surface area (Å²) in [6.45, 7) is 3.61. The van der Waals surface area contributed by atoms with Crippen LogP contribution in [0.1, 0.15) is 12.8 Å². The molecule has 1 atom stereocenters. The Bertz CT molecular complexity index is 670. The van der Waals surface area contributed by atoms with Gasteiger partial charge in [-0.05, 0) is 67.2 Å². The Labute approximate surface area is 144 Å². The number of piperidine rings is 3. The van der Waals surface area contributed by atoms with Gasteiger partial charge in [-0.25, -0.2) is 0 Å². The van der Waals surface area contributed by atoms with Gasteiger partial charge in [-0.3, -0.25) is 4.90 Å². The van der Waals surface area contributed by atoms with Gasteiger partial charge < -0.3 is 9.64 Å². The van der Waals surface area contributed by atoms with E-state index in [1.807, 2.05) is 0 Å². The first-order valence-electron chi connectivity index (χ1n) is 8.96. The first-order chi connectivity index (χ1) is 11.7. The fourth-order valence-electron chi connectivity index (χ4n) is 3.90. The number of ether oxygens (including phenoxy) is 1. The van der Waals surface area contributed by atoms with Gasteiger partial charge in [0.15, 0.2) is 0 Å². The molecule has 0 radical (unpaired) electrons. The molecule has 3 saturated heterocycles. The minimum absolute atomic E-state index is 0.373. The Morgan fingerprint density at radius 2 is 1.46 bits per heavy atom. The molecule has 3 aliphatic heterocycles. The average Bonchev–Trinajstić information content (AvgIpc) is 2.63. The monoisotopic (exact) mass is 322 g/mol. The smallest absolute Gasteiger partial charge is 0.119 e. The predicted octanol–water partition coefficient (Wildman–Crippen LogP) is 3.89. The average molecular weight is 322 g/mol. The van der Waals surface area contributed by atoms with Crippen LogP contribution in [0.2, 0.25) is 0 Å². The second-order valence-electron chi connectivity index (χ2n) is 7.26. The number of rotatable bonds is 4. The predicted molar refractivity (Wildman–Crippen MR) is 99.8 cm³/mol. The van der Waals surface area contributed by atoms with Crippen molar-refractivity contribution in [3.63, 3.8) is 0 Å². The van der Waals surface area contributed by atoms with Crippen LogP contribution in [0.25, 0.3) is 11.1 Å². The Morgan fingerprint density at radius 3 is 1.96 bits per heavy atom. The van der Waals surface area contributed by atoms with E-state index in [0.29, 0.717) is 6.10 Å². The molecule has 3 heteroatoms. The minimum atomic E-state index is 0.373. The summed E-state index contributed by atoms with van der Waals surface area (Å²) < 4.78 is 6.28. The van der Waals surface area contributed by atoms with Crippen molar-refractivity contribution >= 4 is 5.69 Å². The fraction of sp³-hybridized carbons (Fsp3) is 0.429. The molecule has 2 aromatic rings. The molecule has 3 aliphatic rings. The Morgan fingerprint density at radius 1 is 0.875 bits per heavy atom. The van der Waals surface area contributed by atoms with Crippen LogP contribution in [0.4, 0.5) is 5.69 Å². The second kappa shape index (κ2) is 6.48. The Kier molecular flexibility index (Phi) is 4.19. The molecule has 0 N–H and O–H groups in total. The Hall–Kier alpha value is -2.00. The summed E-state index contributed by atoms with van der Waals surface area (Å²) in [7, 11) is 4.13. The number of benzene rings is 2. The van der Waals surface area contributed by atoms with E-state index >= 15 is 0 Å². The molecule has 0 saturated carbocycles. The molecule has 0 aliphatic carbocycles. The molecule has 0 unspecified atom stereocenters. The highest BCUT2D eigenvalue weighted by atomic mass is 16.5. The maximum Gasteiger partial charge on any atom is 0.119 e. The topological polar surface area (TPSA) is 15.7 Å². The normalized spacial score (nSPS) is 25.5. The van der Waals surface area contributed by atoms with Crippen molar-refractivity contribution in [3.8, 4) is 16.9 Å². The lowest BCUT2D eigenvalue weighted by Gasteiger charge is -2.44. The summed E-state index contributed by atoms with van der Waals surface area (Å²) in [5, 5.41) is 0. The maximum absolute atomic E-state index is 6.28. The zero-order chi connectivity index (χ0) is 16.5. The van der Waals surface area contributed by atoms with Crippen molar-refractivity contribution in [1.29, 1.82) is 0 Å². The first-order valence-corrected chi connectivity index (χ1v) is 8.96. The molecule has 2 aromatic carbocycles. The molecule has 0 aromatic heterocycles. The van der Waals surface area contributed by atoms with Crippen molar-refractivity contribution in [2.45, 2.75) is 18.9 Å². The fourth-order valence-corrected chi connectivity index (χ4v) is 3.90. The molecule has 0 spiro atoms. The van der Waals surface area contributed by atoms with Crippen LogP contribution < -0.4 is 9.64 Å². The summed E-state index contributed by atoms with van der Waals surface area (Å²) in [5.74, 6) is 1.75. The van der Waals surface area contributed by atoms with Gasteiger partial charge in [0.1, 0.15) is 11.9 Å². The van der Waals surface area contributed by atoms with Crippen LogP contribution in [-0.4, -0.2) is 44.7 Å². The molecular formula is C21H26N2O. The lowest BCUT2D eigenvalue weighted by molar-refractivity contribution is -0.00775. The van der Waals surface area contributed by atoms with Crippen molar-refractivity contribution in [2.75, 3.05) is 38.6 Å². The molecule has 24 heavy (non-hydrogen) atoms. The molecule has 3 nitrogen and oxygen atoms in total. The summed E-state index contributed by atoms with van der Waals surface area (Å²) >= 11 is 0. The maximum atomic E-state index is 6.28. The summed E-state index contributed by atoms with van der Waals surface area (Å²) in [6, 6.07) is 17.2. The first kappa shape index (κ1) is 15.5. The number of anilines is 1. The molecular weight excluding hydrogens is 296 g/mol. The molecule has 126 valence electrons. The van der Waals surface area contributed by atoms with E-state index in [9.17, 15) is 0 Å². The highest BCUT2D eigenvalue weighted by Crippen LogP contribution is 2.31. The van der Waals surface area contributed by atoms with E-state index in [0.717, 1.165) is 18.2 Å². The van der Waals surface area contributed by atoms with E-state index in [1.54, 1.807) is 0 Å². The summed E-state index contributed by atoms with van der Waals surface area (Å²) in [5.41, 5.74) is 3.71. The summed E-state index contributed by atoms with van der Waals surface area (Å²) in [4.78, 5) is 4.65. The SMILES string of the molecule is CN(C)c1ccc(-c2ccc(O[C@H]3CN4CCC3CC4)cc2)cc1. The molecule has 0 amide bonds. The highest BCUT2D eigenvalue weighted by Gasteiger charge is 2.35. The van der Waals surface area contributed by atoms with Gasteiger partial charge in [0, 0.05) is 26.3 Å². The Balaban J connectivity index is 1.44. The molecule has 3 heterocycles. The third-order valence-electron chi connectivity index (χ3n) is 5.45. The van der Waals surface area contributed by atoms with Crippen LogP contribution in [-0.2, 0) is 0 Å². The van der Waals surface area contributed by atoms with Gasteiger partial charge in [-0.2, -0.15) is 0 Å². The third-order valence-corrected chi connectivity index (χ3v) is 5.45. The zero-order valence-corrected chi connectivity index (χ0v) is 14.6. The number of fused-ring (bicyclic) bond motifs is 3. The van der Waals surface area contributed by atoms with E-state index in [2.05, 4.69) is 72.4 Å². The van der Waals surface area contributed by atoms with E-state index < -0.39 is 0 Å². The largest absolute Gasteiger partial charge is 0.489 e. The number of nitrogens with zero attached hydrogens (tertiary/aromatic N) is 2. The highest BCUT2D eigenvalue weighted by molar-refractivity contribution is 5.66.